The van der Waals surface area contributed by atoms with Gasteiger partial charge in [0.1, 0.15) is 11.8 Å². The van der Waals surface area contributed by atoms with Crippen LogP contribution in [-0.2, 0) is 27.3 Å². The normalized spacial score (nSPS) is 11.5. The molecule has 0 bridgehead atoms. The van der Waals surface area contributed by atoms with Crippen molar-refractivity contribution >= 4 is 11.8 Å². The molecule has 0 aromatic heterocycles. The largest absolute Gasteiger partial charge is 0.497 e. The molecule has 1 unspecified atom stereocenters. The third-order valence-corrected chi connectivity index (χ3v) is 5.80. The summed E-state index contributed by atoms with van der Waals surface area (Å²) in [6.07, 6.45) is 1.61. The average molecular weight is 475 g/mol. The maximum absolute atomic E-state index is 13.6. The SMILES string of the molecule is COCCCNC(=O)C(c1ccccc1)N(Cc1ccc(OC)cc1)C(=O)CCc1ccccc1. The van der Waals surface area contributed by atoms with Crippen LogP contribution in [0.4, 0.5) is 0 Å². The molecule has 6 heteroatoms. The lowest BCUT2D eigenvalue weighted by Crippen LogP contribution is -2.43. The van der Waals surface area contributed by atoms with Gasteiger partial charge in [0.05, 0.1) is 7.11 Å². The van der Waals surface area contributed by atoms with E-state index in [2.05, 4.69) is 5.32 Å². The Kier molecular flexibility index (Phi) is 10.3. The topological polar surface area (TPSA) is 67.9 Å². The minimum atomic E-state index is -0.746. The lowest BCUT2D eigenvalue weighted by Gasteiger charge is -2.32. The number of rotatable bonds is 13. The van der Waals surface area contributed by atoms with Crippen LogP contribution in [0, 0.1) is 0 Å². The maximum atomic E-state index is 13.6. The Labute approximate surface area is 207 Å². The van der Waals surface area contributed by atoms with E-state index in [1.165, 1.54) is 0 Å². The Hall–Kier alpha value is -3.64. The predicted octanol–water partition coefficient (Wildman–Crippen LogP) is 4.55. The minimum Gasteiger partial charge on any atom is -0.497 e. The molecule has 0 heterocycles. The second-order valence-corrected chi connectivity index (χ2v) is 8.31. The number of methoxy groups -OCH3 is 2. The van der Waals surface area contributed by atoms with Gasteiger partial charge in [0.15, 0.2) is 0 Å². The first-order valence-electron chi connectivity index (χ1n) is 11.9. The summed E-state index contributed by atoms with van der Waals surface area (Å²) in [4.78, 5) is 28.8. The van der Waals surface area contributed by atoms with Gasteiger partial charge in [0.25, 0.3) is 0 Å². The minimum absolute atomic E-state index is 0.0782. The van der Waals surface area contributed by atoms with Gasteiger partial charge in [-0.15, -0.1) is 0 Å². The first-order chi connectivity index (χ1) is 17.1. The highest BCUT2D eigenvalue weighted by molar-refractivity contribution is 5.88. The fourth-order valence-corrected chi connectivity index (χ4v) is 3.92. The third kappa shape index (κ3) is 7.97. The first-order valence-corrected chi connectivity index (χ1v) is 11.9. The van der Waals surface area contributed by atoms with Gasteiger partial charge < -0.3 is 19.7 Å². The Bertz CT molecular complexity index is 1040. The molecule has 0 aliphatic rings. The number of nitrogens with zero attached hydrogens (tertiary/aromatic N) is 1. The summed E-state index contributed by atoms with van der Waals surface area (Å²) in [5, 5.41) is 3.00. The number of aryl methyl sites for hydroxylation is 1. The van der Waals surface area contributed by atoms with Crippen LogP contribution in [0.5, 0.6) is 5.75 Å². The van der Waals surface area contributed by atoms with Crippen molar-refractivity contribution in [1.82, 2.24) is 10.2 Å². The smallest absolute Gasteiger partial charge is 0.247 e. The number of carbonyl (C=O) groups is 2. The molecule has 6 nitrogen and oxygen atoms in total. The van der Waals surface area contributed by atoms with Gasteiger partial charge in [0, 0.05) is 33.2 Å². The van der Waals surface area contributed by atoms with Crippen LogP contribution < -0.4 is 10.1 Å². The zero-order valence-corrected chi connectivity index (χ0v) is 20.5. The predicted molar refractivity (Wildman–Crippen MR) is 137 cm³/mol. The number of amides is 2. The molecule has 3 aromatic carbocycles. The molecule has 1 atom stereocenters. The monoisotopic (exact) mass is 474 g/mol. The molecule has 1 N–H and O–H groups in total. The van der Waals surface area contributed by atoms with Crippen molar-refractivity contribution in [2.75, 3.05) is 27.4 Å². The molecule has 0 aliphatic carbocycles. The van der Waals surface area contributed by atoms with Gasteiger partial charge in [-0.1, -0.05) is 72.8 Å². The fraction of sp³-hybridized carbons (Fsp3) is 0.310. The molecule has 35 heavy (non-hydrogen) atoms. The van der Waals surface area contributed by atoms with Crippen LogP contribution in [0.2, 0.25) is 0 Å². The zero-order chi connectivity index (χ0) is 24.9. The molecule has 0 spiro atoms. The van der Waals surface area contributed by atoms with Gasteiger partial charge in [-0.2, -0.15) is 0 Å². The molecule has 2 amide bonds. The number of hydrogen-bond donors (Lipinski definition) is 1. The van der Waals surface area contributed by atoms with Crippen molar-refractivity contribution in [3.05, 3.63) is 102 Å². The maximum Gasteiger partial charge on any atom is 0.247 e. The van der Waals surface area contributed by atoms with Crippen molar-refractivity contribution in [3.63, 3.8) is 0 Å². The van der Waals surface area contributed by atoms with E-state index < -0.39 is 6.04 Å². The summed E-state index contributed by atoms with van der Waals surface area (Å²) in [6, 6.07) is 26.2. The van der Waals surface area contributed by atoms with Gasteiger partial charge in [0.2, 0.25) is 11.8 Å². The summed E-state index contributed by atoms with van der Waals surface area (Å²) in [6.45, 7) is 1.34. The van der Waals surface area contributed by atoms with Crippen LogP contribution in [-0.4, -0.2) is 44.1 Å². The van der Waals surface area contributed by atoms with Gasteiger partial charge in [-0.25, -0.2) is 0 Å². The second-order valence-electron chi connectivity index (χ2n) is 8.31. The number of hydrogen-bond acceptors (Lipinski definition) is 4. The molecular weight excluding hydrogens is 440 g/mol. The fourth-order valence-electron chi connectivity index (χ4n) is 3.92. The highest BCUT2D eigenvalue weighted by Gasteiger charge is 2.31. The summed E-state index contributed by atoms with van der Waals surface area (Å²) in [5.74, 6) is 0.464. The molecule has 3 aromatic rings. The Balaban J connectivity index is 1.88. The molecule has 0 saturated carbocycles. The van der Waals surface area contributed by atoms with E-state index in [-0.39, 0.29) is 11.8 Å². The van der Waals surface area contributed by atoms with Crippen LogP contribution >= 0.6 is 0 Å². The molecule has 0 radical (unpaired) electrons. The van der Waals surface area contributed by atoms with E-state index in [9.17, 15) is 9.59 Å². The summed E-state index contributed by atoms with van der Waals surface area (Å²) < 4.78 is 10.4. The van der Waals surface area contributed by atoms with Crippen LogP contribution in [0.1, 0.15) is 35.6 Å². The Morgan fingerprint density at radius 2 is 1.51 bits per heavy atom. The molecule has 0 aliphatic heterocycles. The zero-order valence-electron chi connectivity index (χ0n) is 20.5. The standard InChI is InChI=1S/C29H34N2O4/c1-34-21-9-20-30-29(33)28(25-12-7-4-8-13-25)31(22-24-14-17-26(35-2)18-15-24)27(32)19-16-23-10-5-3-6-11-23/h3-8,10-15,17-18,28H,9,16,19-22H2,1-2H3,(H,30,33). The van der Waals surface area contributed by atoms with Crippen molar-refractivity contribution in [2.24, 2.45) is 0 Å². The number of carbonyl (C=O) groups excluding carboxylic acids is 2. The molecule has 3 rings (SSSR count). The number of ether oxygens (including phenoxy) is 2. The third-order valence-electron chi connectivity index (χ3n) is 5.80. The Morgan fingerprint density at radius 1 is 0.857 bits per heavy atom. The highest BCUT2D eigenvalue weighted by Crippen LogP contribution is 2.26. The lowest BCUT2D eigenvalue weighted by atomic mass is 10.0. The van der Waals surface area contributed by atoms with Crippen molar-refractivity contribution in [1.29, 1.82) is 0 Å². The van der Waals surface area contributed by atoms with E-state index in [0.717, 1.165) is 22.4 Å². The van der Waals surface area contributed by atoms with E-state index in [1.54, 1.807) is 19.1 Å². The highest BCUT2D eigenvalue weighted by atomic mass is 16.5. The van der Waals surface area contributed by atoms with Crippen molar-refractivity contribution in [3.8, 4) is 5.75 Å². The van der Waals surface area contributed by atoms with Gasteiger partial charge in [-0.05, 0) is 41.7 Å². The summed E-state index contributed by atoms with van der Waals surface area (Å²) in [7, 11) is 3.25. The average Bonchev–Trinajstić information content (AvgIpc) is 2.91. The van der Waals surface area contributed by atoms with Crippen LogP contribution in [0.3, 0.4) is 0 Å². The molecule has 184 valence electrons. The van der Waals surface area contributed by atoms with Crippen LogP contribution in [0.25, 0.3) is 0 Å². The van der Waals surface area contributed by atoms with Gasteiger partial charge in [-0.3, -0.25) is 9.59 Å². The quantitative estimate of drug-likeness (QED) is 0.369. The number of benzene rings is 3. The van der Waals surface area contributed by atoms with E-state index in [1.807, 2.05) is 84.9 Å². The first kappa shape index (κ1) is 26.0. The Morgan fingerprint density at radius 3 is 2.14 bits per heavy atom. The number of nitrogens with one attached hydrogen (secondary N) is 1. The van der Waals surface area contributed by atoms with Gasteiger partial charge >= 0.3 is 0 Å². The van der Waals surface area contributed by atoms with Crippen molar-refractivity contribution in [2.45, 2.75) is 31.8 Å². The van der Waals surface area contributed by atoms with Crippen LogP contribution in [0.15, 0.2) is 84.9 Å². The molecule has 0 fully saturated rings. The van der Waals surface area contributed by atoms with E-state index >= 15 is 0 Å². The second kappa shape index (κ2) is 13.9. The van der Waals surface area contributed by atoms with Crippen molar-refractivity contribution < 1.29 is 19.1 Å². The molecule has 0 saturated heterocycles. The molecular formula is C29H34N2O4. The lowest BCUT2D eigenvalue weighted by molar-refractivity contribution is -0.141. The summed E-state index contributed by atoms with van der Waals surface area (Å²) in [5.41, 5.74) is 2.79. The summed E-state index contributed by atoms with van der Waals surface area (Å²) >= 11 is 0. The van der Waals surface area contributed by atoms with E-state index in [4.69, 9.17) is 9.47 Å². The van der Waals surface area contributed by atoms with E-state index in [0.29, 0.717) is 39.0 Å².